The van der Waals surface area contributed by atoms with E-state index in [-0.39, 0.29) is 22.4 Å². The smallest absolute Gasteiger partial charge is 0.180 e. The lowest BCUT2D eigenvalue weighted by Crippen LogP contribution is -2.43. The van der Waals surface area contributed by atoms with Gasteiger partial charge in [-0.1, -0.05) is 69.6 Å². The lowest BCUT2D eigenvalue weighted by atomic mass is 9.63. The topological polar surface area (TPSA) is 55.8 Å². The number of ether oxygens (including phenoxy) is 2. The molecule has 2 aromatic carbocycles. The Kier molecular flexibility index (Phi) is 7.17. The largest absolute Gasteiger partial charge is 0.490 e. The molecule has 0 unspecified atom stereocenters. The second kappa shape index (κ2) is 10.2. The Morgan fingerprint density at radius 1 is 0.872 bits per heavy atom. The third kappa shape index (κ3) is 5.26. The zero-order chi connectivity index (χ0) is 28.1. The van der Waals surface area contributed by atoms with Crippen molar-refractivity contribution in [2.45, 2.75) is 72.8 Å². The fourth-order valence-electron chi connectivity index (χ4n) is 6.39. The number of halogens is 1. The van der Waals surface area contributed by atoms with E-state index in [1.165, 1.54) is 0 Å². The maximum Gasteiger partial charge on any atom is 0.180 e. The van der Waals surface area contributed by atoms with Crippen LogP contribution in [0.15, 0.2) is 65.0 Å². The zero-order valence-electron chi connectivity index (χ0n) is 23.8. The van der Waals surface area contributed by atoms with Gasteiger partial charge < -0.3 is 14.4 Å². The van der Waals surface area contributed by atoms with Gasteiger partial charge in [-0.05, 0) is 53.9 Å². The van der Waals surface area contributed by atoms with Gasteiger partial charge in [-0.25, -0.2) is 0 Å². The van der Waals surface area contributed by atoms with Crippen molar-refractivity contribution in [2.75, 3.05) is 13.7 Å². The summed E-state index contributed by atoms with van der Waals surface area (Å²) in [4.78, 5) is 29.7. The lowest BCUT2D eigenvalue weighted by molar-refractivity contribution is -0.119. The third-order valence-corrected chi connectivity index (χ3v) is 8.35. The molecule has 0 radical (unpaired) electrons. The molecule has 3 aliphatic rings. The summed E-state index contributed by atoms with van der Waals surface area (Å²) in [6.45, 7) is 11.2. The number of benzene rings is 2. The molecule has 0 amide bonds. The Labute approximate surface area is 236 Å². The van der Waals surface area contributed by atoms with Crippen LogP contribution >= 0.6 is 11.6 Å². The minimum absolute atomic E-state index is 0.0979. The predicted molar refractivity (Wildman–Crippen MR) is 154 cm³/mol. The van der Waals surface area contributed by atoms with Crippen molar-refractivity contribution in [1.82, 2.24) is 4.90 Å². The van der Waals surface area contributed by atoms with Gasteiger partial charge in [0.25, 0.3) is 0 Å². The van der Waals surface area contributed by atoms with Crippen LogP contribution in [0.3, 0.4) is 0 Å². The standard InChI is InChI=1S/C33H38ClNO4/c1-7-38-27-14-21(13-22(34)31(27)39-19-20-11-9-8-10-12-20)28-29-23(15-32(2,3)17-25(29)36)35(6)24-16-33(4,5)18-26(37)30(24)28/h8-14,28H,7,15-19H2,1-6H3. The predicted octanol–water partition coefficient (Wildman–Crippen LogP) is 7.63. The summed E-state index contributed by atoms with van der Waals surface area (Å²) < 4.78 is 12.2. The van der Waals surface area contributed by atoms with E-state index in [4.69, 9.17) is 21.1 Å². The molecular formula is C33H38ClNO4. The van der Waals surface area contributed by atoms with E-state index in [9.17, 15) is 9.59 Å². The summed E-state index contributed by atoms with van der Waals surface area (Å²) in [5.41, 5.74) is 5.00. The van der Waals surface area contributed by atoms with Gasteiger partial charge in [0.05, 0.1) is 11.6 Å². The van der Waals surface area contributed by atoms with Crippen LogP contribution in [0, 0.1) is 10.8 Å². The molecule has 0 saturated heterocycles. The number of carbonyl (C=O) groups excluding carboxylic acids is 2. The second-order valence-corrected chi connectivity index (χ2v) is 13.0. The zero-order valence-corrected chi connectivity index (χ0v) is 24.6. The molecule has 0 bridgehead atoms. The highest BCUT2D eigenvalue weighted by molar-refractivity contribution is 6.32. The highest BCUT2D eigenvalue weighted by atomic mass is 35.5. The van der Waals surface area contributed by atoms with E-state index in [1.807, 2.05) is 56.4 Å². The summed E-state index contributed by atoms with van der Waals surface area (Å²) in [5.74, 6) is 0.709. The van der Waals surface area contributed by atoms with Crippen molar-refractivity contribution in [3.8, 4) is 11.5 Å². The van der Waals surface area contributed by atoms with Gasteiger partial charge in [0.2, 0.25) is 0 Å². The molecule has 5 nitrogen and oxygen atoms in total. The Bertz CT molecular complexity index is 1330. The van der Waals surface area contributed by atoms with Gasteiger partial charge in [-0.3, -0.25) is 9.59 Å². The molecule has 0 fully saturated rings. The molecule has 1 heterocycles. The number of Topliss-reactive ketones (excluding diaryl/α,β-unsaturated/α-hetero) is 2. The van der Waals surface area contributed by atoms with Crippen molar-refractivity contribution >= 4 is 23.2 Å². The summed E-state index contributed by atoms with van der Waals surface area (Å²) >= 11 is 6.88. The van der Waals surface area contributed by atoms with Crippen molar-refractivity contribution < 1.29 is 19.1 Å². The third-order valence-electron chi connectivity index (χ3n) is 8.07. The van der Waals surface area contributed by atoms with Crippen molar-refractivity contribution in [1.29, 1.82) is 0 Å². The van der Waals surface area contributed by atoms with E-state index in [1.54, 1.807) is 0 Å². The van der Waals surface area contributed by atoms with Gasteiger partial charge in [0.1, 0.15) is 6.61 Å². The van der Waals surface area contributed by atoms with Crippen LogP contribution < -0.4 is 9.47 Å². The molecule has 1 aliphatic heterocycles. The van der Waals surface area contributed by atoms with Crippen molar-refractivity contribution in [2.24, 2.45) is 10.8 Å². The van der Waals surface area contributed by atoms with Gasteiger partial charge in [-0.15, -0.1) is 0 Å². The number of allylic oxidation sites excluding steroid dienone is 4. The Morgan fingerprint density at radius 3 is 1.97 bits per heavy atom. The molecule has 39 heavy (non-hydrogen) atoms. The van der Waals surface area contributed by atoms with Crippen LogP contribution in [0.5, 0.6) is 11.5 Å². The van der Waals surface area contributed by atoms with E-state index < -0.39 is 5.92 Å². The maximum absolute atomic E-state index is 13.8. The van der Waals surface area contributed by atoms with Crippen LogP contribution in [-0.4, -0.2) is 30.1 Å². The molecule has 0 aromatic heterocycles. The molecule has 6 heteroatoms. The number of hydrogen-bond acceptors (Lipinski definition) is 5. The number of carbonyl (C=O) groups is 2. The van der Waals surface area contributed by atoms with E-state index in [0.717, 1.165) is 46.5 Å². The van der Waals surface area contributed by atoms with Crippen LogP contribution in [-0.2, 0) is 16.2 Å². The normalized spacial score (nSPS) is 20.6. The first-order valence-corrected chi connectivity index (χ1v) is 14.2. The molecule has 0 saturated carbocycles. The summed E-state index contributed by atoms with van der Waals surface area (Å²) in [7, 11) is 2.02. The van der Waals surface area contributed by atoms with Crippen LogP contribution in [0.2, 0.25) is 5.02 Å². The second-order valence-electron chi connectivity index (χ2n) is 12.6. The minimum Gasteiger partial charge on any atom is -0.490 e. The Morgan fingerprint density at radius 2 is 1.44 bits per heavy atom. The monoisotopic (exact) mass is 547 g/mol. The van der Waals surface area contributed by atoms with Gasteiger partial charge in [0.15, 0.2) is 23.1 Å². The van der Waals surface area contributed by atoms with Crippen LogP contribution in [0.4, 0.5) is 0 Å². The first-order valence-electron chi connectivity index (χ1n) is 13.8. The maximum atomic E-state index is 13.8. The number of ketones is 2. The summed E-state index contributed by atoms with van der Waals surface area (Å²) in [6, 6.07) is 13.7. The quantitative estimate of drug-likeness (QED) is 0.372. The molecule has 0 spiro atoms. The van der Waals surface area contributed by atoms with Crippen LogP contribution in [0.1, 0.15) is 77.3 Å². The fourth-order valence-corrected chi connectivity index (χ4v) is 6.66. The Hall–Kier alpha value is -3.05. The van der Waals surface area contributed by atoms with E-state index in [0.29, 0.717) is 42.6 Å². The first kappa shape index (κ1) is 27.5. The molecule has 206 valence electrons. The first-order chi connectivity index (χ1) is 18.4. The lowest BCUT2D eigenvalue weighted by Gasteiger charge is -2.48. The number of hydrogen-bond donors (Lipinski definition) is 0. The molecule has 0 N–H and O–H groups in total. The average molecular weight is 548 g/mol. The van der Waals surface area contributed by atoms with E-state index in [2.05, 4.69) is 32.6 Å². The highest BCUT2D eigenvalue weighted by Gasteiger charge is 2.48. The SMILES string of the molecule is CCOc1cc(C2C3=C(CC(C)(C)CC3=O)N(C)C3=C2C(=O)CC(C)(C)C3)cc(Cl)c1OCc1ccccc1. The molecular weight excluding hydrogens is 510 g/mol. The van der Waals surface area contributed by atoms with Gasteiger partial charge >= 0.3 is 0 Å². The summed E-state index contributed by atoms with van der Waals surface area (Å²) in [5, 5.41) is 0.405. The minimum atomic E-state index is -0.474. The van der Waals surface area contributed by atoms with Crippen LogP contribution in [0.25, 0.3) is 0 Å². The average Bonchev–Trinajstić information content (AvgIpc) is 2.84. The molecule has 2 aromatic rings. The number of nitrogens with zero attached hydrogens (tertiary/aromatic N) is 1. The fraction of sp³-hybridized carbons (Fsp3) is 0.455. The molecule has 0 atom stereocenters. The van der Waals surface area contributed by atoms with Crippen molar-refractivity contribution in [3.05, 3.63) is 81.2 Å². The van der Waals surface area contributed by atoms with E-state index >= 15 is 0 Å². The molecule has 2 aliphatic carbocycles. The summed E-state index contributed by atoms with van der Waals surface area (Å²) in [6.07, 6.45) is 2.44. The number of rotatable bonds is 6. The van der Waals surface area contributed by atoms with Gasteiger partial charge in [-0.2, -0.15) is 0 Å². The van der Waals surface area contributed by atoms with Crippen molar-refractivity contribution in [3.63, 3.8) is 0 Å². The molecule has 5 rings (SSSR count). The van der Waals surface area contributed by atoms with Gasteiger partial charge in [0, 0.05) is 48.3 Å². The Balaban J connectivity index is 1.65. The highest BCUT2D eigenvalue weighted by Crippen LogP contribution is 2.55.